The summed E-state index contributed by atoms with van der Waals surface area (Å²) >= 11 is 0. The highest BCUT2D eigenvalue weighted by Gasteiger charge is 2.25. The smallest absolute Gasteiger partial charge is 0.0490 e. The third-order valence-corrected chi connectivity index (χ3v) is 4.41. The minimum Gasteiger partial charge on any atom is -0.303 e. The van der Waals surface area contributed by atoms with Gasteiger partial charge in [-0.3, -0.25) is 5.10 Å². The van der Waals surface area contributed by atoms with Crippen molar-refractivity contribution >= 4 is 0 Å². The number of aromatic amines is 1. The number of likely N-dealkylation sites (tertiary alicyclic amines) is 1. The Bertz CT molecular complexity index is 329. The minimum absolute atomic E-state index is 0.837. The number of H-pyrrole nitrogens is 1. The predicted octanol–water partition coefficient (Wildman–Crippen LogP) is 2.46. The molecule has 0 spiro atoms. The van der Waals surface area contributed by atoms with Crippen LogP contribution in [0.15, 0.2) is 12.3 Å². The molecule has 1 saturated heterocycles. The van der Waals surface area contributed by atoms with Gasteiger partial charge in [-0.05, 0) is 56.6 Å². The van der Waals surface area contributed by atoms with Crippen LogP contribution in [0.3, 0.4) is 0 Å². The molecule has 0 radical (unpaired) electrons. The molecule has 0 bridgehead atoms. The van der Waals surface area contributed by atoms with Gasteiger partial charge in [-0.1, -0.05) is 6.42 Å². The molecule has 1 aromatic heterocycles. The molecule has 2 aliphatic rings. The van der Waals surface area contributed by atoms with Crippen LogP contribution < -0.4 is 0 Å². The lowest BCUT2D eigenvalue weighted by Crippen LogP contribution is -2.40. The van der Waals surface area contributed by atoms with Crippen LogP contribution in [0.5, 0.6) is 0 Å². The van der Waals surface area contributed by atoms with E-state index in [0.717, 1.165) is 11.8 Å². The Hall–Kier alpha value is -0.830. The van der Waals surface area contributed by atoms with E-state index >= 15 is 0 Å². The zero-order chi connectivity index (χ0) is 11.5. The molecular formula is C14H23N3. The van der Waals surface area contributed by atoms with E-state index in [1.807, 2.05) is 6.20 Å². The van der Waals surface area contributed by atoms with Crippen molar-refractivity contribution in [2.45, 2.75) is 38.5 Å². The fourth-order valence-electron chi connectivity index (χ4n) is 3.23. The van der Waals surface area contributed by atoms with Gasteiger partial charge in [-0.15, -0.1) is 0 Å². The summed E-state index contributed by atoms with van der Waals surface area (Å²) in [5, 5.41) is 7.13. The summed E-state index contributed by atoms with van der Waals surface area (Å²) in [4.78, 5) is 2.70. The first-order valence-corrected chi connectivity index (χ1v) is 7.11. The van der Waals surface area contributed by atoms with E-state index in [1.165, 1.54) is 63.9 Å². The predicted molar refractivity (Wildman–Crippen MR) is 68.8 cm³/mol. The highest BCUT2D eigenvalue weighted by Crippen LogP contribution is 2.29. The summed E-state index contributed by atoms with van der Waals surface area (Å²) in [5.41, 5.74) is 1.31. The largest absolute Gasteiger partial charge is 0.303 e. The number of hydrogen-bond acceptors (Lipinski definition) is 2. The molecule has 1 saturated carbocycles. The normalized spacial score (nSPS) is 26.9. The lowest BCUT2D eigenvalue weighted by atomic mass is 9.84. The zero-order valence-electron chi connectivity index (χ0n) is 10.6. The van der Waals surface area contributed by atoms with Crippen molar-refractivity contribution in [3.8, 4) is 0 Å². The molecule has 0 amide bonds. The van der Waals surface area contributed by atoms with Crippen molar-refractivity contribution in [2.75, 3.05) is 19.6 Å². The maximum absolute atomic E-state index is 4.04. The number of nitrogens with zero attached hydrogens (tertiary/aromatic N) is 2. The monoisotopic (exact) mass is 233 g/mol. The molecule has 94 valence electrons. The molecule has 2 fully saturated rings. The fraction of sp³-hybridized carbons (Fsp3) is 0.786. The van der Waals surface area contributed by atoms with Crippen LogP contribution in [-0.2, 0) is 6.42 Å². The molecule has 1 aromatic rings. The number of hydrogen-bond donors (Lipinski definition) is 1. The summed E-state index contributed by atoms with van der Waals surface area (Å²) < 4.78 is 0. The molecule has 1 aliphatic carbocycles. The molecule has 0 aromatic carbocycles. The third-order valence-electron chi connectivity index (χ3n) is 4.41. The molecular weight excluding hydrogens is 210 g/mol. The summed E-state index contributed by atoms with van der Waals surface area (Å²) in [6, 6.07) is 2.12. The first-order valence-electron chi connectivity index (χ1n) is 7.11. The van der Waals surface area contributed by atoms with Crippen molar-refractivity contribution in [3.05, 3.63) is 18.0 Å². The molecule has 1 N–H and O–H groups in total. The van der Waals surface area contributed by atoms with Crippen molar-refractivity contribution in [1.82, 2.24) is 15.1 Å². The SMILES string of the molecule is c1cc(C[C@@H]2CCCN(CC3CCC3)C2)[nH]n1. The van der Waals surface area contributed by atoms with Gasteiger partial charge >= 0.3 is 0 Å². The molecule has 3 nitrogen and oxygen atoms in total. The summed E-state index contributed by atoms with van der Waals surface area (Å²) in [6.45, 7) is 3.99. The topological polar surface area (TPSA) is 31.9 Å². The van der Waals surface area contributed by atoms with Gasteiger partial charge < -0.3 is 4.90 Å². The summed E-state index contributed by atoms with van der Waals surface area (Å²) in [7, 11) is 0. The van der Waals surface area contributed by atoms with Crippen LogP contribution in [0.2, 0.25) is 0 Å². The van der Waals surface area contributed by atoms with Gasteiger partial charge in [0.2, 0.25) is 0 Å². The highest BCUT2D eigenvalue weighted by atomic mass is 15.1. The summed E-state index contributed by atoms with van der Waals surface area (Å²) in [5.74, 6) is 1.85. The van der Waals surface area contributed by atoms with Gasteiger partial charge in [-0.2, -0.15) is 5.10 Å². The standard InChI is InChI=1S/C14H23N3/c1-3-12(4-1)10-17-8-2-5-13(11-17)9-14-6-7-15-16-14/h6-7,12-13H,1-5,8-11H2,(H,15,16)/t13-/m0/s1. The Morgan fingerprint density at radius 2 is 2.12 bits per heavy atom. The Balaban J connectivity index is 1.48. The Morgan fingerprint density at radius 1 is 1.24 bits per heavy atom. The average Bonchev–Trinajstić information content (AvgIpc) is 2.77. The second-order valence-corrected chi connectivity index (χ2v) is 5.85. The van der Waals surface area contributed by atoms with E-state index in [2.05, 4.69) is 21.2 Å². The quantitative estimate of drug-likeness (QED) is 0.866. The van der Waals surface area contributed by atoms with E-state index in [1.54, 1.807) is 0 Å². The second-order valence-electron chi connectivity index (χ2n) is 5.85. The van der Waals surface area contributed by atoms with Crippen LogP contribution in [0.4, 0.5) is 0 Å². The van der Waals surface area contributed by atoms with Crippen LogP contribution in [0.25, 0.3) is 0 Å². The van der Waals surface area contributed by atoms with Gasteiger partial charge in [-0.25, -0.2) is 0 Å². The summed E-state index contributed by atoms with van der Waals surface area (Å²) in [6.07, 6.45) is 10.2. The number of rotatable bonds is 4. The van der Waals surface area contributed by atoms with Gasteiger partial charge in [0.05, 0.1) is 0 Å². The maximum atomic E-state index is 4.04. The van der Waals surface area contributed by atoms with Crippen LogP contribution >= 0.6 is 0 Å². The molecule has 1 aliphatic heterocycles. The van der Waals surface area contributed by atoms with Crippen LogP contribution in [0.1, 0.15) is 37.8 Å². The molecule has 0 unspecified atom stereocenters. The van der Waals surface area contributed by atoms with Crippen molar-refractivity contribution < 1.29 is 0 Å². The molecule has 3 heteroatoms. The Kier molecular flexibility index (Phi) is 3.46. The molecule has 2 heterocycles. The van der Waals surface area contributed by atoms with Crippen LogP contribution in [-0.4, -0.2) is 34.7 Å². The highest BCUT2D eigenvalue weighted by molar-refractivity contribution is 4.99. The first kappa shape index (κ1) is 11.3. The van der Waals surface area contributed by atoms with Crippen molar-refractivity contribution in [3.63, 3.8) is 0 Å². The third kappa shape index (κ3) is 2.89. The number of piperidine rings is 1. The Labute approximate surface area is 104 Å². The second kappa shape index (κ2) is 5.21. The van der Waals surface area contributed by atoms with Crippen molar-refractivity contribution in [1.29, 1.82) is 0 Å². The molecule has 3 rings (SSSR count). The minimum atomic E-state index is 0.837. The lowest BCUT2D eigenvalue weighted by molar-refractivity contribution is 0.123. The number of nitrogens with one attached hydrogen (secondary N) is 1. The van der Waals surface area contributed by atoms with E-state index in [9.17, 15) is 0 Å². The van der Waals surface area contributed by atoms with E-state index in [0.29, 0.717) is 0 Å². The van der Waals surface area contributed by atoms with Gasteiger partial charge in [0.15, 0.2) is 0 Å². The average molecular weight is 233 g/mol. The molecule has 17 heavy (non-hydrogen) atoms. The fourth-order valence-corrected chi connectivity index (χ4v) is 3.23. The lowest BCUT2D eigenvalue weighted by Gasteiger charge is -2.37. The van der Waals surface area contributed by atoms with E-state index in [-0.39, 0.29) is 0 Å². The van der Waals surface area contributed by atoms with E-state index in [4.69, 9.17) is 0 Å². The zero-order valence-corrected chi connectivity index (χ0v) is 10.6. The van der Waals surface area contributed by atoms with E-state index < -0.39 is 0 Å². The Morgan fingerprint density at radius 3 is 2.82 bits per heavy atom. The van der Waals surface area contributed by atoms with Gasteiger partial charge in [0.25, 0.3) is 0 Å². The van der Waals surface area contributed by atoms with Gasteiger partial charge in [0.1, 0.15) is 0 Å². The van der Waals surface area contributed by atoms with Crippen molar-refractivity contribution in [2.24, 2.45) is 11.8 Å². The maximum Gasteiger partial charge on any atom is 0.0490 e. The van der Waals surface area contributed by atoms with Crippen LogP contribution in [0, 0.1) is 11.8 Å². The molecule has 1 atom stereocenters. The first-order chi connectivity index (χ1) is 8.40. The van der Waals surface area contributed by atoms with Gasteiger partial charge in [0, 0.05) is 25.0 Å². The number of aromatic nitrogens is 2.